The maximum Gasteiger partial charge on any atom is 0.123 e. The van der Waals surface area contributed by atoms with Crippen LogP contribution in [0.2, 0.25) is 0 Å². The first-order valence-corrected chi connectivity index (χ1v) is 16.3. The smallest absolute Gasteiger partial charge is 0.123 e. The lowest BCUT2D eigenvalue weighted by Gasteiger charge is -2.17. The molecule has 0 amide bonds. The minimum absolute atomic E-state index is 0.261. The Hall–Kier alpha value is -6.12. The SMILES string of the molecule is Fc1ccc(-c2c3cc4c(cc3c(-c3ccc(F)cc3)c3c5cccc6cccc(c23)c65)c2cc3ccccc3c3cccc4c32)cc1. The van der Waals surface area contributed by atoms with Crippen molar-refractivity contribution >= 4 is 86.2 Å². The quantitative estimate of drug-likeness (QED) is 0.170. The highest BCUT2D eigenvalue weighted by Gasteiger charge is 2.25. The van der Waals surface area contributed by atoms with Crippen LogP contribution in [0.1, 0.15) is 0 Å². The lowest BCUT2D eigenvalue weighted by molar-refractivity contribution is 0.627. The van der Waals surface area contributed by atoms with E-state index in [0.29, 0.717) is 0 Å². The summed E-state index contributed by atoms with van der Waals surface area (Å²) < 4.78 is 28.9. The maximum absolute atomic E-state index is 14.5. The van der Waals surface area contributed by atoms with Crippen LogP contribution in [-0.2, 0) is 0 Å². The van der Waals surface area contributed by atoms with Gasteiger partial charge in [-0.05, 0) is 151 Å². The van der Waals surface area contributed by atoms with Gasteiger partial charge in [-0.2, -0.15) is 0 Å². The highest BCUT2D eigenvalue weighted by Crippen LogP contribution is 2.53. The summed E-state index contributed by atoms with van der Waals surface area (Å²) in [5, 5.41) is 19.0. The van der Waals surface area contributed by atoms with E-state index in [9.17, 15) is 8.78 Å². The Bertz CT molecular complexity index is 3090. The van der Waals surface area contributed by atoms with Crippen LogP contribution >= 0.6 is 0 Å². The number of rotatable bonds is 2. The molecule has 0 unspecified atom stereocenters. The second kappa shape index (κ2) is 9.24. The third-order valence-electron chi connectivity index (χ3n) is 10.6. The van der Waals surface area contributed by atoms with Crippen LogP contribution < -0.4 is 0 Å². The molecule has 11 aromatic carbocycles. The first kappa shape index (κ1) is 26.0. The molecule has 0 saturated carbocycles. The zero-order chi connectivity index (χ0) is 31.7. The average Bonchev–Trinajstić information content (AvgIpc) is 3.62. The molecular weight excluding hydrogens is 591 g/mol. The minimum atomic E-state index is -0.261. The molecule has 0 bridgehead atoms. The number of hydrogen-bond donors (Lipinski definition) is 0. The minimum Gasteiger partial charge on any atom is -0.207 e. The zero-order valence-corrected chi connectivity index (χ0v) is 25.6. The molecule has 48 heavy (non-hydrogen) atoms. The summed E-state index contributed by atoms with van der Waals surface area (Å²) in [4.78, 5) is 0. The molecule has 0 aromatic heterocycles. The highest BCUT2D eigenvalue weighted by molar-refractivity contribution is 6.42. The fourth-order valence-electron chi connectivity index (χ4n) is 8.71. The van der Waals surface area contributed by atoms with Gasteiger partial charge in [0.25, 0.3) is 0 Å². The van der Waals surface area contributed by atoms with Gasteiger partial charge in [0.2, 0.25) is 0 Å². The molecule has 0 radical (unpaired) electrons. The van der Waals surface area contributed by atoms with E-state index in [1.54, 1.807) is 24.3 Å². The maximum atomic E-state index is 14.5. The van der Waals surface area contributed by atoms with Crippen LogP contribution in [0.3, 0.4) is 0 Å². The highest BCUT2D eigenvalue weighted by atomic mass is 19.1. The zero-order valence-electron chi connectivity index (χ0n) is 25.6. The molecule has 0 aliphatic heterocycles. The third-order valence-corrected chi connectivity index (χ3v) is 10.6. The van der Waals surface area contributed by atoms with Crippen molar-refractivity contribution in [1.29, 1.82) is 0 Å². The predicted octanol–water partition coefficient (Wildman–Crippen LogP) is 13.4. The van der Waals surface area contributed by atoms with E-state index in [0.717, 1.165) is 43.8 Å². The molecule has 11 rings (SSSR count). The van der Waals surface area contributed by atoms with Crippen LogP contribution in [0.25, 0.3) is 108 Å². The Kier molecular flexibility index (Phi) is 5.01. The van der Waals surface area contributed by atoms with E-state index >= 15 is 0 Å². The summed E-state index contributed by atoms with van der Waals surface area (Å²) in [6.45, 7) is 0. The van der Waals surface area contributed by atoms with Crippen LogP contribution in [0.4, 0.5) is 8.78 Å². The van der Waals surface area contributed by atoms with Gasteiger partial charge in [-0.3, -0.25) is 0 Å². The van der Waals surface area contributed by atoms with Gasteiger partial charge in [0.15, 0.2) is 0 Å². The van der Waals surface area contributed by atoms with Crippen molar-refractivity contribution < 1.29 is 8.78 Å². The standard InChI is InChI=1S/C46H24F2/c47-29-18-14-26(15-19-29)42-39-23-36-33-11-5-10-32-31-9-2-1-6-28(31)22-38(44(32)33)37(36)24-40(39)43(27-16-20-30(48)21-17-27)46-35-13-4-8-25-7-3-12-34(41(25)35)45(42)46/h1-24H. The summed E-state index contributed by atoms with van der Waals surface area (Å²) >= 11 is 0. The van der Waals surface area contributed by atoms with Crippen molar-refractivity contribution in [3.63, 3.8) is 0 Å². The third kappa shape index (κ3) is 3.31. The molecule has 0 aliphatic carbocycles. The van der Waals surface area contributed by atoms with E-state index in [1.165, 1.54) is 64.6 Å². The van der Waals surface area contributed by atoms with Crippen LogP contribution in [-0.4, -0.2) is 0 Å². The topological polar surface area (TPSA) is 0 Å². The molecular formula is C46H24F2. The molecule has 0 saturated heterocycles. The van der Waals surface area contributed by atoms with Crippen molar-refractivity contribution in [3.05, 3.63) is 157 Å². The molecule has 0 N–H and O–H groups in total. The van der Waals surface area contributed by atoms with Crippen molar-refractivity contribution in [2.75, 3.05) is 0 Å². The fraction of sp³-hybridized carbons (Fsp3) is 0. The average molecular weight is 615 g/mol. The second-order valence-electron chi connectivity index (χ2n) is 13.0. The Labute approximate surface area is 273 Å². The monoisotopic (exact) mass is 614 g/mol. The Balaban J connectivity index is 1.46. The van der Waals surface area contributed by atoms with Gasteiger partial charge < -0.3 is 0 Å². The summed E-state index contributed by atoms with van der Waals surface area (Å²) in [5.74, 6) is -0.522. The van der Waals surface area contributed by atoms with E-state index in [4.69, 9.17) is 0 Å². The van der Waals surface area contributed by atoms with Gasteiger partial charge in [-0.1, -0.05) is 103 Å². The van der Waals surface area contributed by atoms with Crippen LogP contribution in [0.5, 0.6) is 0 Å². The van der Waals surface area contributed by atoms with Gasteiger partial charge in [-0.25, -0.2) is 8.78 Å². The number of halogens is 2. The number of hydrogen-bond acceptors (Lipinski definition) is 0. The van der Waals surface area contributed by atoms with E-state index in [1.807, 2.05) is 24.3 Å². The molecule has 0 atom stereocenters. The Morgan fingerprint density at radius 3 is 1.33 bits per heavy atom. The molecule has 222 valence electrons. The number of fused-ring (bicyclic) bond motifs is 9. The van der Waals surface area contributed by atoms with Crippen molar-refractivity contribution in [3.8, 4) is 22.3 Å². The van der Waals surface area contributed by atoms with E-state index in [2.05, 4.69) is 97.1 Å². The molecule has 2 heteroatoms. The molecule has 0 nitrogen and oxygen atoms in total. The summed E-state index contributed by atoms with van der Waals surface area (Å²) in [7, 11) is 0. The summed E-state index contributed by atoms with van der Waals surface area (Å²) in [6, 6.07) is 49.1. The molecule has 0 fully saturated rings. The first-order chi connectivity index (χ1) is 23.6. The second-order valence-corrected chi connectivity index (χ2v) is 13.0. The van der Waals surface area contributed by atoms with E-state index < -0.39 is 0 Å². The van der Waals surface area contributed by atoms with Crippen molar-refractivity contribution in [1.82, 2.24) is 0 Å². The van der Waals surface area contributed by atoms with Crippen molar-refractivity contribution in [2.45, 2.75) is 0 Å². The van der Waals surface area contributed by atoms with Gasteiger partial charge >= 0.3 is 0 Å². The molecule has 0 heterocycles. The molecule has 0 spiro atoms. The van der Waals surface area contributed by atoms with Crippen LogP contribution in [0, 0.1) is 11.6 Å². The lowest BCUT2D eigenvalue weighted by Crippen LogP contribution is -1.90. The van der Waals surface area contributed by atoms with E-state index in [-0.39, 0.29) is 11.6 Å². The predicted molar refractivity (Wildman–Crippen MR) is 200 cm³/mol. The lowest BCUT2D eigenvalue weighted by atomic mass is 9.85. The fourth-order valence-corrected chi connectivity index (χ4v) is 8.71. The normalized spacial score (nSPS) is 12.4. The van der Waals surface area contributed by atoms with Gasteiger partial charge in [-0.15, -0.1) is 0 Å². The van der Waals surface area contributed by atoms with Gasteiger partial charge in [0.1, 0.15) is 11.6 Å². The molecule has 0 aliphatic rings. The summed E-state index contributed by atoms with van der Waals surface area (Å²) in [5.41, 5.74) is 4.11. The summed E-state index contributed by atoms with van der Waals surface area (Å²) in [6.07, 6.45) is 0. The Morgan fingerprint density at radius 1 is 0.271 bits per heavy atom. The largest absolute Gasteiger partial charge is 0.207 e. The van der Waals surface area contributed by atoms with Crippen molar-refractivity contribution in [2.24, 2.45) is 0 Å². The van der Waals surface area contributed by atoms with Crippen LogP contribution in [0.15, 0.2) is 146 Å². The van der Waals surface area contributed by atoms with Gasteiger partial charge in [0.05, 0.1) is 0 Å². The number of benzene rings is 9. The van der Waals surface area contributed by atoms with Gasteiger partial charge in [0, 0.05) is 0 Å². The molecule has 11 aromatic rings. The Morgan fingerprint density at radius 2 is 0.729 bits per heavy atom. The first-order valence-electron chi connectivity index (χ1n) is 16.3.